The number of nitrogens with zero attached hydrogens (tertiary/aromatic N) is 2. The second-order valence-corrected chi connectivity index (χ2v) is 4.98. The van der Waals surface area contributed by atoms with E-state index in [1.165, 1.54) is 4.88 Å². The van der Waals surface area contributed by atoms with E-state index in [0.29, 0.717) is 30.1 Å². The van der Waals surface area contributed by atoms with Crippen molar-refractivity contribution in [2.45, 2.75) is 13.0 Å². The highest BCUT2D eigenvalue weighted by Crippen LogP contribution is 2.15. The zero-order chi connectivity index (χ0) is 12.8. The van der Waals surface area contributed by atoms with Crippen molar-refractivity contribution in [3.63, 3.8) is 0 Å². The summed E-state index contributed by atoms with van der Waals surface area (Å²) in [7, 11) is 1.58. The van der Waals surface area contributed by atoms with Gasteiger partial charge in [-0.05, 0) is 11.4 Å². The van der Waals surface area contributed by atoms with Crippen LogP contribution in [0, 0.1) is 0 Å². The molecule has 0 N–H and O–H groups in total. The molecule has 0 radical (unpaired) electrons. The van der Waals surface area contributed by atoms with Gasteiger partial charge in [-0.3, -0.25) is 0 Å². The molecule has 0 unspecified atom stereocenters. The smallest absolute Gasteiger partial charge is 0.218 e. The predicted molar refractivity (Wildman–Crippen MR) is 71.3 cm³/mol. The fourth-order valence-corrected chi connectivity index (χ4v) is 2.30. The highest BCUT2D eigenvalue weighted by atomic mass is 35.5. The van der Waals surface area contributed by atoms with Gasteiger partial charge in [-0.2, -0.15) is 4.98 Å². The molecule has 0 saturated carbocycles. The van der Waals surface area contributed by atoms with Crippen molar-refractivity contribution in [1.29, 1.82) is 0 Å². The molecule has 0 aliphatic carbocycles. The van der Waals surface area contributed by atoms with Gasteiger partial charge in [-0.15, -0.1) is 11.3 Å². The van der Waals surface area contributed by atoms with Gasteiger partial charge >= 0.3 is 0 Å². The molecule has 0 atom stereocenters. The molecule has 2 heterocycles. The molecule has 6 heteroatoms. The average molecular weight is 285 g/mol. The Kier molecular flexibility index (Phi) is 4.92. The molecule has 0 aliphatic rings. The highest BCUT2D eigenvalue weighted by molar-refractivity contribution is 7.09. The zero-order valence-electron chi connectivity index (χ0n) is 9.93. The minimum absolute atomic E-state index is 0.321. The number of aromatic nitrogens is 2. The molecule has 0 bridgehead atoms. The maximum atomic E-state index is 5.88. The van der Waals surface area contributed by atoms with Crippen LogP contribution in [-0.2, 0) is 17.8 Å². The first-order valence-electron chi connectivity index (χ1n) is 5.45. The maximum Gasteiger partial charge on any atom is 0.218 e. The van der Waals surface area contributed by atoms with Gasteiger partial charge in [0, 0.05) is 24.5 Å². The van der Waals surface area contributed by atoms with Crippen molar-refractivity contribution < 1.29 is 9.47 Å². The fourth-order valence-electron chi connectivity index (χ4n) is 1.42. The van der Waals surface area contributed by atoms with Crippen molar-refractivity contribution in [1.82, 2.24) is 9.97 Å². The summed E-state index contributed by atoms with van der Waals surface area (Å²) in [5, 5.41) is 2.41. The van der Waals surface area contributed by atoms with Gasteiger partial charge in [-0.1, -0.05) is 17.7 Å². The highest BCUT2D eigenvalue weighted by Gasteiger charge is 2.04. The molecule has 2 rings (SSSR count). The Morgan fingerprint density at radius 1 is 1.39 bits per heavy atom. The van der Waals surface area contributed by atoms with Crippen LogP contribution in [0.5, 0.6) is 5.88 Å². The van der Waals surface area contributed by atoms with E-state index in [1.807, 2.05) is 11.4 Å². The zero-order valence-corrected chi connectivity index (χ0v) is 11.5. The largest absolute Gasteiger partial charge is 0.477 e. The Balaban J connectivity index is 1.92. The normalized spacial score (nSPS) is 10.6. The topological polar surface area (TPSA) is 44.2 Å². The van der Waals surface area contributed by atoms with Crippen LogP contribution < -0.4 is 4.74 Å². The van der Waals surface area contributed by atoms with Gasteiger partial charge in [0.1, 0.15) is 11.8 Å². The third-order valence-corrected chi connectivity index (χ3v) is 3.30. The van der Waals surface area contributed by atoms with Crippen molar-refractivity contribution in [2.75, 3.05) is 13.7 Å². The van der Waals surface area contributed by atoms with Gasteiger partial charge in [0.15, 0.2) is 5.82 Å². The van der Waals surface area contributed by atoms with E-state index in [2.05, 4.69) is 16.0 Å². The van der Waals surface area contributed by atoms with E-state index < -0.39 is 0 Å². The number of thiophene rings is 1. The van der Waals surface area contributed by atoms with Gasteiger partial charge in [0.2, 0.25) is 5.88 Å². The molecule has 4 nitrogen and oxygen atoms in total. The Hall–Kier alpha value is -1.17. The summed E-state index contributed by atoms with van der Waals surface area (Å²) < 4.78 is 10.5. The molecule has 0 spiro atoms. The predicted octanol–water partition coefficient (Wildman–Crippen LogP) is 2.96. The third-order valence-electron chi connectivity index (χ3n) is 2.17. The number of halogens is 1. The third kappa shape index (κ3) is 3.94. The van der Waals surface area contributed by atoms with Crippen molar-refractivity contribution in [3.8, 4) is 5.88 Å². The minimum Gasteiger partial charge on any atom is -0.477 e. The van der Waals surface area contributed by atoms with E-state index in [0.717, 1.165) is 6.42 Å². The lowest BCUT2D eigenvalue weighted by molar-refractivity contribution is 0.176. The summed E-state index contributed by atoms with van der Waals surface area (Å²) in [6.45, 7) is 0.891. The first-order valence-corrected chi connectivity index (χ1v) is 6.71. The lowest BCUT2D eigenvalue weighted by Gasteiger charge is -2.06. The van der Waals surface area contributed by atoms with Crippen LogP contribution in [0.2, 0.25) is 5.15 Å². The molecule has 96 valence electrons. The van der Waals surface area contributed by atoms with Gasteiger partial charge in [0.25, 0.3) is 0 Å². The maximum absolute atomic E-state index is 5.88. The molecule has 0 aromatic carbocycles. The second kappa shape index (κ2) is 6.68. The lowest BCUT2D eigenvalue weighted by Crippen LogP contribution is -2.05. The lowest BCUT2D eigenvalue weighted by atomic mass is 10.4. The van der Waals surface area contributed by atoms with Crippen LogP contribution in [-0.4, -0.2) is 23.7 Å². The van der Waals surface area contributed by atoms with Gasteiger partial charge < -0.3 is 9.47 Å². The molecule has 0 amide bonds. The van der Waals surface area contributed by atoms with Crippen LogP contribution in [0.1, 0.15) is 10.7 Å². The Bertz CT molecular complexity index is 491. The Labute approximate surface area is 115 Å². The summed E-state index contributed by atoms with van der Waals surface area (Å²) >= 11 is 7.59. The number of rotatable bonds is 6. The van der Waals surface area contributed by atoms with Crippen molar-refractivity contribution in [3.05, 3.63) is 39.4 Å². The van der Waals surface area contributed by atoms with Crippen LogP contribution in [0.15, 0.2) is 23.6 Å². The fraction of sp³-hybridized carbons (Fsp3) is 0.333. The van der Waals surface area contributed by atoms with E-state index in [-0.39, 0.29) is 0 Å². The van der Waals surface area contributed by atoms with Crippen molar-refractivity contribution >= 4 is 22.9 Å². The first kappa shape index (κ1) is 13.3. The molecule has 18 heavy (non-hydrogen) atoms. The molecule has 2 aromatic rings. The van der Waals surface area contributed by atoms with E-state index in [9.17, 15) is 0 Å². The summed E-state index contributed by atoms with van der Waals surface area (Å²) in [5.41, 5.74) is 0. The van der Waals surface area contributed by atoms with Crippen LogP contribution >= 0.6 is 22.9 Å². The molecular formula is C12H13ClN2O2S. The molecule has 0 saturated heterocycles. The summed E-state index contributed by atoms with van der Waals surface area (Å²) in [5.74, 6) is 1.01. The number of hydrogen-bond donors (Lipinski definition) is 0. The second-order valence-electron chi connectivity index (χ2n) is 3.56. The van der Waals surface area contributed by atoms with Gasteiger partial charge in [0.05, 0.1) is 6.61 Å². The number of methoxy groups -OCH3 is 1. The monoisotopic (exact) mass is 284 g/mol. The summed E-state index contributed by atoms with van der Waals surface area (Å²) in [4.78, 5) is 9.52. The quantitative estimate of drug-likeness (QED) is 0.765. The summed E-state index contributed by atoms with van der Waals surface area (Å²) in [6.07, 6.45) is 0.860. The molecule has 0 aliphatic heterocycles. The first-order chi connectivity index (χ1) is 8.78. The van der Waals surface area contributed by atoms with Crippen LogP contribution in [0.25, 0.3) is 0 Å². The SMILES string of the molecule is COCc1nc(Cl)cc(OCCc2cccs2)n1. The Morgan fingerprint density at radius 2 is 2.28 bits per heavy atom. The standard InChI is InChI=1S/C12H13ClN2O2S/c1-16-8-11-14-10(13)7-12(15-11)17-5-4-9-3-2-6-18-9/h2-3,6-7H,4-5,8H2,1H3. The van der Waals surface area contributed by atoms with E-state index in [1.54, 1.807) is 24.5 Å². The molecular weight excluding hydrogens is 272 g/mol. The van der Waals surface area contributed by atoms with E-state index in [4.69, 9.17) is 21.1 Å². The Morgan fingerprint density at radius 3 is 3.00 bits per heavy atom. The van der Waals surface area contributed by atoms with Gasteiger partial charge in [-0.25, -0.2) is 4.98 Å². The van der Waals surface area contributed by atoms with E-state index >= 15 is 0 Å². The molecule has 2 aromatic heterocycles. The van der Waals surface area contributed by atoms with Crippen LogP contribution in [0.4, 0.5) is 0 Å². The number of hydrogen-bond acceptors (Lipinski definition) is 5. The minimum atomic E-state index is 0.321. The molecule has 0 fully saturated rings. The summed E-state index contributed by atoms with van der Waals surface area (Å²) in [6, 6.07) is 5.71. The van der Waals surface area contributed by atoms with Crippen molar-refractivity contribution in [2.24, 2.45) is 0 Å². The number of ether oxygens (including phenoxy) is 2. The average Bonchev–Trinajstić information content (AvgIpc) is 2.82. The van der Waals surface area contributed by atoms with Crippen LogP contribution in [0.3, 0.4) is 0 Å².